The summed E-state index contributed by atoms with van der Waals surface area (Å²) in [6, 6.07) is 5.63. The van der Waals surface area contributed by atoms with Crippen LogP contribution in [0.25, 0.3) is 0 Å². The minimum absolute atomic E-state index is 0.301. The monoisotopic (exact) mass is 375 g/mol. The number of rotatable bonds is 10. The second-order valence-electron chi connectivity index (χ2n) is 6.28. The summed E-state index contributed by atoms with van der Waals surface area (Å²) in [5, 5.41) is 23.4. The standard InChI is InChI=1S/C18H25N5O4/c1-4-5-9-15(18(25)26)19-17(24)16(23-12(2)20-21-22-23)11-13-7-6-8-14(10-13)27-3/h6-8,10,15-16H,4-5,9,11H2,1-3H3,(H,19,24)(H,25,26). The molecule has 0 saturated carbocycles. The van der Waals surface area contributed by atoms with Gasteiger partial charge in [-0.05, 0) is 41.5 Å². The molecule has 146 valence electrons. The molecule has 0 fully saturated rings. The number of aromatic nitrogens is 4. The number of nitrogens with zero attached hydrogens (tertiary/aromatic N) is 4. The van der Waals surface area contributed by atoms with E-state index in [0.717, 1.165) is 12.0 Å². The van der Waals surface area contributed by atoms with E-state index < -0.39 is 24.0 Å². The molecule has 0 spiro atoms. The van der Waals surface area contributed by atoms with Gasteiger partial charge in [0.1, 0.15) is 23.7 Å². The number of aliphatic carboxylic acids is 1. The van der Waals surface area contributed by atoms with Crippen molar-refractivity contribution in [3.05, 3.63) is 35.7 Å². The van der Waals surface area contributed by atoms with E-state index in [4.69, 9.17) is 4.74 Å². The number of unbranched alkanes of at least 4 members (excludes halogenated alkanes) is 1. The maximum Gasteiger partial charge on any atom is 0.326 e. The molecule has 2 N–H and O–H groups in total. The Labute approximate surface area is 157 Å². The number of aryl methyl sites for hydroxylation is 1. The first-order chi connectivity index (χ1) is 13.0. The van der Waals surface area contributed by atoms with E-state index in [1.165, 1.54) is 4.68 Å². The van der Waals surface area contributed by atoms with Crippen molar-refractivity contribution < 1.29 is 19.4 Å². The number of nitrogens with one attached hydrogen (secondary N) is 1. The maximum absolute atomic E-state index is 12.9. The van der Waals surface area contributed by atoms with Crippen molar-refractivity contribution in [3.63, 3.8) is 0 Å². The minimum atomic E-state index is -1.05. The maximum atomic E-state index is 12.9. The summed E-state index contributed by atoms with van der Waals surface area (Å²) in [5.74, 6) is -0.341. The first-order valence-electron chi connectivity index (χ1n) is 8.86. The average molecular weight is 375 g/mol. The van der Waals surface area contributed by atoms with Crippen LogP contribution in [0.1, 0.15) is 43.6 Å². The van der Waals surface area contributed by atoms with Gasteiger partial charge in [-0.2, -0.15) is 0 Å². The third-order valence-electron chi connectivity index (χ3n) is 4.28. The number of hydrogen-bond donors (Lipinski definition) is 2. The van der Waals surface area contributed by atoms with Gasteiger partial charge in [0.25, 0.3) is 0 Å². The van der Waals surface area contributed by atoms with E-state index in [1.807, 2.05) is 31.2 Å². The molecule has 0 radical (unpaired) electrons. The Morgan fingerprint density at radius 3 is 2.74 bits per heavy atom. The lowest BCUT2D eigenvalue weighted by Gasteiger charge is -2.21. The summed E-state index contributed by atoms with van der Waals surface area (Å²) in [5.41, 5.74) is 0.852. The molecule has 1 aromatic heterocycles. The zero-order valence-electron chi connectivity index (χ0n) is 15.8. The quantitative estimate of drug-likeness (QED) is 0.646. The smallest absolute Gasteiger partial charge is 0.326 e. The van der Waals surface area contributed by atoms with E-state index in [9.17, 15) is 14.7 Å². The molecule has 0 aliphatic heterocycles. The molecular formula is C18H25N5O4. The van der Waals surface area contributed by atoms with Gasteiger partial charge in [0.2, 0.25) is 5.91 Å². The Morgan fingerprint density at radius 1 is 1.37 bits per heavy atom. The molecule has 27 heavy (non-hydrogen) atoms. The number of methoxy groups -OCH3 is 1. The number of carboxylic acids is 1. The fraction of sp³-hybridized carbons (Fsp3) is 0.500. The number of benzene rings is 1. The van der Waals surface area contributed by atoms with Crippen LogP contribution in [0, 0.1) is 6.92 Å². The van der Waals surface area contributed by atoms with Crippen LogP contribution in [0.4, 0.5) is 0 Å². The highest BCUT2D eigenvalue weighted by Crippen LogP contribution is 2.19. The summed E-state index contributed by atoms with van der Waals surface area (Å²) < 4.78 is 6.64. The highest BCUT2D eigenvalue weighted by Gasteiger charge is 2.28. The number of ether oxygens (including phenoxy) is 1. The van der Waals surface area contributed by atoms with Gasteiger partial charge in [0.05, 0.1) is 7.11 Å². The Kier molecular flexibility index (Phi) is 7.27. The molecule has 1 amide bonds. The summed E-state index contributed by atoms with van der Waals surface area (Å²) in [7, 11) is 1.57. The molecule has 0 bridgehead atoms. The lowest BCUT2D eigenvalue weighted by atomic mass is 10.0. The molecule has 1 heterocycles. The number of carbonyl (C=O) groups is 2. The Morgan fingerprint density at radius 2 is 2.15 bits per heavy atom. The first kappa shape index (κ1) is 20.3. The molecule has 2 aromatic rings. The van der Waals surface area contributed by atoms with E-state index >= 15 is 0 Å². The van der Waals surface area contributed by atoms with Gasteiger partial charge in [-0.15, -0.1) is 5.10 Å². The predicted octanol–water partition coefficient (Wildman–Crippen LogP) is 1.53. The van der Waals surface area contributed by atoms with E-state index in [2.05, 4.69) is 20.8 Å². The second-order valence-corrected chi connectivity index (χ2v) is 6.28. The molecular weight excluding hydrogens is 350 g/mol. The van der Waals surface area contributed by atoms with Crippen LogP contribution in [-0.4, -0.2) is 50.3 Å². The van der Waals surface area contributed by atoms with Crippen molar-refractivity contribution in [1.82, 2.24) is 25.5 Å². The molecule has 9 heteroatoms. The molecule has 2 atom stereocenters. The Hall–Kier alpha value is -2.97. The molecule has 2 unspecified atom stereocenters. The van der Waals surface area contributed by atoms with Crippen molar-refractivity contribution in [2.75, 3.05) is 7.11 Å². The van der Waals surface area contributed by atoms with Gasteiger partial charge in [-0.1, -0.05) is 31.9 Å². The van der Waals surface area contributed by atoms with Gasteiger partial charge < -0.3 is 15.2 Å². The number of hydrogen-bond acceptors (Lipinski definition) is 6. The summed E-state index contributed by atoms with van der Waals surface area (Å²) in [6.07, 6.45) is 2.23. The van der Waals surface area contributed by atoms with Crippen molar-refractivity contribution in [3.8, 4) is 5.75 Å². The van der Waals surface area contributed by atoms with E-state index in [1.54, 1.807) is 14.0 Å². The van der Waals surface area contributed by atoms with Crippen LogP contribution in [0.2, 0.25) is 0 Å². The molecule has 0 saturated heterocycles. The van der Waals surface area contributed by atoms with Crippen LogP contribution >= 0.6 is 0 Å². The van der Waals surface area contributed by atoms with Crippen molar-refractivity contribution in [1.29, 1.82) is 0 Å². The molecule has 2 rings (SSSR count). The largest absolute Gasteiger partial charge is 0.497 e. The molecule has 9 nitrogen and oxygen atoms in total. The average Bonchev–Trinajstić information content (AvgIpc) is 3.08. The number of carboxylic acid groups (broad SMARTS) is 1. The third-order valence-corrected chi connectivity index (χ3v) is 4.28. The molecule has 0 aliphatic rings. The van der Waals surface area contributed by atoms with E-state index in [0.29, 0.717) is 30.8 Å². The number of carbonyl (C=O) groups excluding carboxylic acids is 1. The highest BCUT2D eigenvalue weighted by molar-refractivity contribution is 5.86. The zero-order chi connectivity index (χ0) is 19.8. The van der Waals surface area contributed by atoms with Crippen LogP contribution in [0.5, 0.6) is 5.75 Å². The lowest BCUT2D eigenvalue weighted by molar-refractivity contribution is -0.142. The molecule has 1 aromatic carbocycles. The first-order valence-corrected chi connectivity index (χ1v) is 8.86. The van der Waals surface area contributed by atoms with Crippen molar-refractivity contribution in [2.24, 2.45) is 0 Å². The minimum Gasteiger partial charge on any atom is -0.497 e. The van der Waals surface area contributed by atoms with Crippen LogP contribution in [-0.2, 0) is 16.0 Å². The molecule has 0 aliphatic carbocycles. The van der Waals surface area contributed by atoms with Crippen LogP contribution in [0.3, 0.4) is 0 Å². The lowest BCUT2D eigenvalue weighted by Crippen LogP contribution is -2.45. The van der Waals surface area contributed by atoms with E-state index in [-0.39, 0.29) is 0 Å². The van der Waals surface area contributed by atoms with Crippen molar-refractivity contribution >= 4 is 11.9 Å². The second kappa shape index (κ2) is 9.65. The SMILES string of the molecule is CCCCC(NC(=O)C(Cc1cccc(OC)c1)n1nnnc1C)C(=O)O. The summed E-state index contributed by atoms with van der Waals surface area (Å²) in [6.45, 7) is 3.66. The van der Waals surface area contributed by atoms with Crippen molar-refractivity contribution in [2.45, 2.75) is 51.6 Å². The predicted molar refractivity (Wildman–Crippen MR) is 97.4 cm³/mol. The fourth-order valence-electron chi connectivity index (χ4n) is 2.77. The van der Waals surface area contributed by atoms with Gasteiger partial charge in [-0.3, -0.25) is 4.79 Å². The van der Waals surface area contributed by atoms with Gasteiger partial charge in [0.15, 0.2) is 0 Å². The number of amides is 1. The highest BCUT2D eigenvalue weighted by atomic mass is 16.5. The Balaban J connectivity index is 2.25. The summed E-state index contributed by atoms with van der Waals surface area (Å²) >= 11 is 0. The van der Waals surface area contributed by atoms with Gasteiger partial charge in [-0.25, -0.2) is 9.48 Å². The Bertz CT molecular complexity index is 777. The zero-order valence-corrected chi connectivity index (χ0v) is 15.8. The van der Waals surface area contributed by atoms with Gasteiger partial charge in [0, 0.05) is 6.42 Å². The fourth-order valence-corrected chi connectivity index (χ4v) is 2.77. The third kappa shape index (κ3) is 5.50. The van der Waals surface area contributed by atoms with Crippen LogP contribution < -0.4 is 10.1 Å². The normalized spacial score (nSPS) is 13.0. The van der Waals surface area contributed by atoms with Gasteiger partial charge >= 0.3 is 5.97 Å². The number of tetrazole rings is 1. The topological polar surface area (TPSA) is 119 Å². The summed E-state index contributed by atoms with van der Waals surface area (Å²) in [4.78, 5) is 24.4. The van der Waals surface area contributed by atoms with Crippen LogP contribution in [0.15, 0.2) is 24.3 Å².